The van der Waals surface area contributed by atoms with Crippen LogP contribution in [0, 0.1) is 28.6 Å². The van der Waals surface area contributed by atoms with Crippen LogP contribution in [0.5, 0.6) is 0 Å². The summed E-state index contributed by atoms with van der Waals surface area (Å²) in [6.07, 6.45) is 6.80. The zero-order valence-corrected chi connectivity index (χ0v) is 17.7. The van der Waals surface area contributed by atoms with E-state index in [0.717, 1.165) is 56.2 Å². The molecule has 4 aliphatic carbocycles. The van der Waals surface area contributed by atoms with Crippen molar-refractivity contribution in [1.29, 1.82) is 0 Å². The van der Waals surface area contributed by atoms with Crippen LogP contribution in [0.25, 0.3) is 0 Å². The molecular weight excluding hydrogens is 352 g/mol. The van der Waals surface area contributed by atoms with Gasteiger partial charge in [0.25, 0.3) is 0 Å². The van der Waals surface area contributed by atoms with Crippen molar-refractivity contribution in [3.63, 3.8) is 0 Å². The summed E-state index contributed by atoms with van der Waals surface area (Å²) in [5.74, 6) is 1.81. The number of rotatable bonds is 3. The smallest absolute Gasteiger partial charge is 0.139 e. The molecule has 0 radical (unpaired) electrons. The quantitative estimate of drug-likeness (QED) is 0.571. The van der Waals surface area contributed by atoms with Crippen molar-refractivity contribution < 1.29 is 14.7 Å². The lowest BCUT2D eigenvalue weighted by molar-refractivity contribution is -0.161. The predicted molar refractivity (Wildman–Crippen MR) is 110 cm³/mol. The molecule has 5 heteroatoms. The Bertz CT molecular complexity index is 717. The molecule has 0 aromatic carbocycles. The minimum Gasteiger partial charge on any atom is -0.394 e. The van der Waals surface area contributed by atoms with E-state index < -0.39 is 5.60 Å². The highest BCUT2D eigenvalue weighted by Crippen LogP contribution is 2.67. The van der Waals surface area contributed by atoms with E-state index in [9.17, 15) is 9.90 Å². The van der Waals surface area contributed by atoms with E-state index in [-0.39, 0.29) is 16.9 Å². The summed E-state index contributed by atoms with van der Waals surface area (Å²) in [5, 5.41) is 16.2. The molecule has 0 bridgehead atoms. The maximum Gasteiger partial charge on any atom is 0.139 e. The lowest BCUT2D eigenvalue weighted by Crippen LogP contribution is -2.63. The Morgan fingerprint density at radius 1 is 1.29 bits per heavy atom. The van der Waals surface area contributed by atoms with E-state index in [1.165, 1.54) is 0 Å². The second kappa shape index (κ2) is 6.66. The van der Waals surface area contributed by atoms with Gasteiger partial charge >= 0.3 is 0 Å². The molecule has 0 heterocycles. The molecule has 4 rings (SSSR count). The third kappa shape index (κ3) is 2.72. The maximum atomic E-state index is 12.6. The molecule has 4 saturated carbocycles. The normalized spacial score (nSPS) is 48.0. The van der Waals surface area contributed by atoms with Gasteiger partial charge in [0.2, 0.25) is 0 Å². The van der Waals surface area contributed by atoms with Crippen molar-refractivity contribution in [2.45, 2.75) is 83.8 Å². The van der Waals surface area contributed by atoms with Gasteiger partial charge in [-0.2, -0.15) is 0 Å². The van der Waals surface area contributed by atoms with Crippen LogP contribution in [0.2, 0.25) is 0 Å². The number of carbonyl (C=O) groups excluding carboxylic acids is 1. The third-order valence-corrected chi connectivity index (χ3v) is 8.90. The number of ketones is 1. The highest BCUT2D eigenvalue weighted by molar-refractivity contribution is 5.88. The monoisotopic (exact) mass is 388 g/mol. The average Bonchev–Trinajstić information content (AvgIpc) is 2.93. The van der Waals surface area contributed by atoms with Crippen LogP contribution in [-0.4, -0.2) is 34.9 Å². The number of fused-ring (bicyclic) bond motifs is 5. The molecule has 0 amide bonds. The van der Waals surface area contributed by atoms with E-state index in [0.29, 0.717) is 36.6 Å². The van der Waals surface area contributed by atoms with Crippen LogP contribution >= 0.6 is 0 Å². The SMILES string of the molecule is C=C1C[C@H]2[C@@H]3CCC(=O)[C@@]3(C)CC[C@@H]2[C@@]2(C)CCC(=NOCC(C)N)C[C@]12O. The molecule has 7 atom stereocenters. The van der Waals surface area contributed by atoms with Crippen LogP contribution in [-0.2, 0) is 9.63 Å². The van der Waals surface area contributed by atoms with Gasteiger partial charge in [-0.3, -0.25) is 4.79 Å². The second-order valence-corrected chi connectivity index (χ2v) is 10.5. The van der Waals surface area contributed by atoms with E-state index in [1.54, 1.807) is 0 Å². The number of nitrogens with two attached hydrogens (primary N) is 1. The number of nitrogens with zero attached hydrogens (tertiary/aromatic N) is 1. The zero-order chi connectivity index (χ0) is 20.3. The van der Waals surface area contributed by atoms with E-state index in [4.69, 9.17) is 10.6 Å². The maximum absolute atomic E-state index is 12.6. The molecule has 3 N–H and O–H groups in total. The van der Waals surface area contributed by atoms with Crippen molar-refractivity contribution >= 4 is 11.5 Å². The number of hydrogen-bond acceptors (Lipinski definition) is 5. The van der Waals surface area contributed by atoms with Gasteiger partial charge in [-0.15, -0.1) is 0 Å². The van der Waals surface area contributed by atoms with E-state index >= 15 is 0 Å². The van der Waals surface area contributed by atoms with Gasteiger partial charge in [0.1, 0.15) is 12.4 Å². The summed E-state index contributed by atoms with van der Waals surface area (Å²) in [6.45, 7) is 11.1. The molecule has 0 spiro atoms. The summed E-state index contributed by atoms with van der Waals surface area (Å²) < 4.78 is 0. The van der Waals surface area contributed by atoms with Crippen LogP contribution in [0.4, 0.5) is 0 Å². The minimum atomic E-state index is -0.931. The standard InChI is InChI=1S/C23H36N2O3/c1-14-11-17-18-5-6-20(26)21(18,3)9-8-19(17)22(4)10-7-16(12-23(14,22)27)25-28-13-15(2)24/h15,17-19,27H,1,5-13,24H2,2-4H3/t15?,17-,18-,19-,21-,22+,23-/m0/s1. The van der Waals surface area contributed by atoms with Crippen LogP contribution in [0.1, 0.15) is 72.1 Å². The fraction of sp³-hybridized carbons (Fsp3) is 0.826. The van der Waals surface area contributed by atoms with Crippen LogP contribution < -0.4 is 5.73 Å². The highest BCUT2D eigenvalue weighted by atomic mass is 16.6. The van der Waals surface area contributed by atoms with Crippen LogP contribution in [0.15, 0.2) is 17.3 Å². The fourth-order valence-electron chi connectivity index (χ4n) is 7.13. The van der Waals surface area contributed by atoms with Gasteiger partial charge in [-0.25, -0.2) is 0 Å². The molecule has 0 aliphatic heterocycles. The minimum absolute atomic E-state index is 0.0580. The first kappa shape index (κ1) is 20.1. The van der Waals surface area contributed by atoms with E-state index in [2.05, 4.69) is 25.6 Å². The lowest BCUT2D eigenvalue weighted by Gasteiger charge is -2.63. The lowest BCUT2D eigenvalue weighted by atomic mass is 9.43. The van der Waals surface area contributed by atoms with Crippen LogP contribution in [0.3, 0.4) is 0 Å². The molecule has 0 aromatic rings. The fourth-order valence-corrected chi connectivity index (χ4v) is 7.13. The molecular formula is C23H36N2O3. The third-order valence-electron chi connectivity index (χ3n) is 8.90. The largest absolute Gasteiger partial charge is 0.394 e. The average molecular weight is 389 g/mol. The number of aliphatic hydroxyl groups is 1. The first-order valence-corrected chi connectivity index (χ1v) is 11.0. The second-order valence-electron chi connectivity index (χ2n) is 10.5. The van der Waals surface area contributed by atoms with Gasteiger partial charge in [-0.1, -0.05) is 25.6 Å². The van der Waals surface area contributed by atoms with Crippen molar-refractivity contribution in [1.82, 2.24) is 0 Å². The first-order valence-electron chi connectivity index (χ1n) is 11.0. The number of Topliss-reactive ketones (excluding diaryl/α,β-unsaturated/α-hetero) is 1. The number of oxime groups is 1. The Hall–Kier alpha value is -1.20. The van der Waals surface area contributed by atoms with Gasteiger partial charge in [0.05, 0.1) is 11.3 Å². The van der Waals surface area contributed by atoms with Gasteiger partial charge in [0.15, 0.2) is 0 Å². The van der Waals surface area contributed by atoms with E-state index in [1.807, 2.05) is 6.92 Å². The predicted octanol–water partition coefficient (Wildman–Crippen LogP) is 3.60. The molecule has 28 heavy (non-hydrogen) atoms. The number of hydrogen-bond donors (Lipinski definition) is 2. The summed E-state index contributed by atoms with van der Waals surface area (Å²) in [5.41, 5.74) is 6.29. The molecule has 5 nitrogen and oxygen atoms in total. The Morgan fingerprint density at radius 2 is 2.04 bits per heavy atom. The first-order chi connectivity index (χ1) is 13.1. The van der Waals surface area contributed by atoms with Gasteiger partial charge < -0.3 is 15.7 Å². The topological polar surface area (TPSA) is 84.9 Å². The molecule has 4 fully saturated rings. The Kier molecular flexibility index (Phi) is 4.78. The molecule has 0 aromatic heterocycles. The van der Waals surface area contributed by atoms with Crippen molar-refractivity contribution in [3.8, 4) is 0 Å². The summed E-state index contributed by atoms with van der Waals surface area (Å²) >= 11 is 0. The Labute approximate surface area is 168 Å². The summed E-state index contributed by atoms with van der Waals surface area (Å²) in [6, 6.07) is -0.0580. The Balaban J connectivity index is 1.60. The molecule has 4 aliphatic rings. The number of carbonyl (C=O) groups is 1. The van der Waals surface area contributed by atoms with Gasteiger partial charge in [0, 0.05) is 29.7 Å². The molecule has 0 saturated heterocycles. The van der Waals surface area contributed by atoms with Gasteiger partial charge in [-0.05, 0) is 68.8 Å². The molecule has 1 unspecified atom stereocenters. The highest BCUT2D eigenvalue weighted by Gasteiger charge is 2.65. The van der Waals surface area contributed by atoms with Crippen molar-refractivity contribution in [2.24, 2.45) is 39.5 Å². The summed E-state index contributed by atoms with van der Waals surface area (Å²) in [7, 11) is 0. The summed E-state index contributed by atoms with van der Waals surface area (Å²) in [4.78, 5) is 18.0. The van der Waals surface area contributed by atoms with Crippen molar-refractivity contribution in [2.75, 3.05) is 6.61 Å². The zero-order valence-electron chi connectivity index (χ0n) is 17.7. The van der Waals surface area contributed by atoms with Crippen molar-refractivity contribution in [3.05, 3.63) is 12.2 Å². The Morgan fingerprint density at radius 3 is 2.75 bits per heavy atom. The molecule has 156 valence electrons.